The predicted octanol–water partition coefficient (Wildman–Crippen LogP) is 2.22. The molecule has 1 saturated heterocycles. The van der Waals surface area contributed by atoms with Crippen molar-refractivity contribution in [3.05, 3.63) is 36.2 Å². The molecule has 2 fully saturated rings. The number of nitrogens with one attached hydrogen (secondary N) is 1. The van der Waals surface area contributed by atoms with Crippen LogP contribution in [0.5, 0.6) is 0 Å². The van der Waals surface area contributed by atoms with E-state index in [1.54, 1.807) is 12.3 Å². The van der Waals surface area contributed by atoms with Crippen LogP contribution in [-0.4, -0.2) is 45.4 Å². The van der Waals surface area contributed by atoms with Crippen LogP contribution in [0.1, 0.15) is 42.7 Å². The normalized spacial score (nSPS) is 20.6. The van der Waals surface area contributed by atoms with Crippen LogP contribution in [0.3, 0.4) is 0 Å². The van der Waals surface area contributed by atoms with Crippen molar-refractivity contribution >= 4 is 11.4 Å². The largest absolute Gasteiger partial charge is 0.347 e. The minimum atomic E-state index is -0.368. The van der Waals surface area contributed by atoms with Crippen molar-refractivity contribution < 1.29 is 9.18 Å². The first-order valence-electron chi connectivity index (χ1n) is 8.39. The van der Waals surface area contributed by atoms with E-state index in [1.165, 1.54) is 35.9 Å². The molecular formula is C17H21FN4O. The summed E-state index contributed by atoms with van der Waals surface area (Å²) in [6, 6.07) is 3.90. The molecule has 0 atom stereocenters. The van der Waals surface area contributed by atoms with E-state index in [4.69, 9.17) is 0 Å². The first kappa shape index (κ1) is 14.6. The Morgan fingerprint density at radius 3 is 2.74 bits per heavy atom. The number of likely N-dealkylation sites (tertiary alicyclic amines) is 1. The lowest BCUT2D eigenvalue weighted by Crippen LogP contribution is -2.49. The van der Waals surface area contributed by atoms with Gasteiger partial charge >= 0.3 is 0 Å². The van der Waals surface area contributed by atoms with Gasteiger partial charge < -0.3 is 10.2 Å². The van der Waals surface area contributed by atoms with E-state index in [0.29, 0.717) is 5.52 Å². The van der Waals surface area contributed by atoms with Gasteiger partial charge in [-0.05, 0) is 37.8 Å². The fourth-order valence-electron chi connectivity index (χ4n) is 3.57. The van der Waals surface area contributed by atoms with E-state index in [2.05, 4.69) is 15.2 Å². The van der Waals surface area contributed by atoms with Gasteiger partial charge in [-0.15, -0.1) is 0 Å². The van der Waals surface area contributed by atoms with Gasteiger partial charge in [-0.25, -0.2) is 9.37 Å². The highest BCUT2D eigenvalue weighted by molar-refractivity contribution is 5.92. The molecule has 0 bridgehead atoms. The van der Waals surface area contributed by atoms with E-state index >= 15 is 0 Å². The summed E-state index contributed by atoms with van der Waals surface area (Å²) in [6.45, 7) is 2.10. The molecule has 2 aromatic heterocycles. The molecule has 1 saturated carbocycles. The van der Waals surface area contributed by atoms with Gasteiger partial charge in [-0.3, -0.25) is 9.20 Å². The number of rotatable bonds is 3. The molecule has 0 aromatic carbocycles. The Bertz CT molecular complexity index is 716. The summed E-state index contributed by atoms with van der Waals surface area (Å²) in [7, 11) is 0. The zero-order valence-electron chi connectivity index (χ0n) is 13.0. The molecule has 0 unspecified atom stereocenters. The van der Waals surface area contributed by atoms with Gasteiger partial charge in [-0.2, -0.15) is 0 Å². The summed E-state index contributed by atoms with van der Waals surface area (Å²) in [6.07, 6.45) is 9.01. The lowest BCUT2D eigenvalue weighted by atomic mass is 9.89. The fraction of sp³-hybridized carbons (Fsp3) is 0.529. The van der Waals surface area contributed by atoms with Crippen molar-refractivity contribution in [3.63, 3.8) is 0 Å². The standard InChI is InChI=1S/C17H21FN4O/c18-14-5-2-8-22-15(14)11-19-16(22)17(23)20-12-6-9-21(10-7-12)13-3-1-4-13/h2,5,8,11-13H,1,3-4,6-7,9-10H2,(H,20,23). The zero-order chi connectivity index (χ0) is 15.8. The van der Waals surface area contributed by atoms with Crippen molar-refractivity contribution in [1.29, 1.82) is 0 Å². The fourth-order valence-corrected chi connectivity index (χ4v) is 3.57. The number of piperidine rings is 1. The third-order valence-electron chi connectivity index (χ3n) is 5.18. The quantitative estimate of drug-likeness (QED) is 0.944. The van der Waals surface area contributed by atoms with Crippen molar-refractivity contribution in [2.45, 2.75) is 44.2 Å². The molecule has 5 nitrogen and oxygen atoms in total. The molecule has 122 valence electrons. The monoisotopic (exact) mass is 316 g/mol. The Morgan fingerprint density at radius 1 is 1.26 bits per heavy atom. The number of imidazole rings is 1. The second kappa shape index (κ2) is 5.92. The number of hydrogen-bond acceptors (Lipinski definition) is 3. The van der Waals surface area contributed by atoms with Crippen molar-refractivity contribution in [3.8, 4) is 0 Å². The van der Waals surface area contributed by atoms with Gasteiger partial charge in [0.15, 0.2) is 0 Å². The lowest BCUT2D eigenvalue weighted by Gasteiger charge is -2.41. The van der Waals surface area contributed by atoms with Crippen LogP contribution < -0.4 is 5.32 Å². The predicted molar refractivity (Wildman–Crippen MR) is 84.9 cm³/mol. The molecule has 1 aliphatic carbocycles. The maximum absolute atomic E-state index is 13.7. The molecule has 3 heterocycles. The summed E-state index contributed by atoms with van der Waals surface area (Å²) < 4.78 is 15.2. The maximum Gasteiger partial charge on any atom is 0.287 e. The number of fused-ring (bicyclic) bond motifs is 1. The number of carbonyl (C=O) groups is 1. The molecule has 0 spiro atoms. The smallest absolute Gasteiger partial charge is 0.287 e. The number of aromatic nitrogens is 2. The Morgan fingerprint density at radius 2 is 2.04 bits per heavy atom. The van der Waals surface area contributed by atoms with Gasteiger partial charge in [0.05, 0.1) is 6.20 Å². The summed E-state index contributed by atoms with van der Waals surface area (Å²) in [5.41, 5.74) is 0.331. The Balaban J connectivity index is 1.40. The molecule has 4 rings (SSSR count). The molecule has 2 aromatic rings. The van der Waals surface area contributed by atoms with Crippen LogP contribution >= 0.6 is 0 Å². The molecular weight excluding hydrogens is 295 g/mol. The van der Waals surface area contributed by atoms with Crippen LogP contribution in [0.2, 0.25) is 0 Å². The van der Waals surface area contributed by atoms with E-state index in [1.807, 2.05) is 0 Å². The topological polar surface area (TPSA) is 49.6 Å². The van der Waals surface area contributed by atoms with Gasteiger partial charge in [0, 0.05) is 31.4 Å². The minimum absolute atomic E-state index is 0.180. The summed E-state index contributed by atoms with van der Waals surface area (Å²) in [4.78, 5) is 19.1. The second-order valence-electron chi connectivity index (χ2n) is 6.56. The summed E-state index contributed by atoms with van der Waals surface area (Å²) in [5, 5.41) is 3.06. The average Bonchev–Trinajstić information content (AvgIpc) is 2.93. The second-order valence-corrected chi connectivity index (χ2v) is 6.56. The van der Waals surface area contributed by atoms with Crippen molar-refractivity contribution in [2.24, 2.45) is 0 Å². The molecule has 23 heavy (non-hydrogen) atoms. The maximum atomic E-state index is 13.7. The van der Waals surface area contributed by atoms with E-state index < -0.39 is 0 Å². The van der Waals surface area contributed by atoms with Crippen molar-refractivity contribution in [1.82, 2.24) is 19.6 Å². The molecule has 1 amide bonds. The molecule has 6 heteroatoms. The minimum Gasteiger partial charge on any atom is -0.347 e. The molecule has 1 aliphatic heterocycles. The summed E-state index contributed by atoms with van der Waals surface area (Å²) in [5.74, 6) is -0.341. The highest BCUT2D eigenvalue weighted by Crippen LogP contribution is 2.27. The van der Waals surface area contributed by atoms with Crippen LogP contribution in [0, 0.1) is 5.82 Å². The highest BCUT2D eigenvalue weighted by Gasteiger charge is 2.29. The number of amides is 1. The number of carbonyl (C=O) groups excluding carboxylic acids is 1. The van der Waals surface area contributed by atoms with Gasteiger partial charge in [0.2, 0.25) is 5.82 Å². The third-order valence-corrected chi connectivity index (χ3v) is 5.18. The SMILES string of the molecule is O=C(NC1CCN(C2CCC2)CC1)c1ncc2c(F)cccn12. The highest BCUT2D eigenvalue weighted by atomic mass is 19.1. The van der Waals surface area contributed by atoms with Crippen molar-refractivity contribution in [2.75, 3.05) is 13.1 Å². The first-order chi connectivity index (χ1) is 11.2. The van der Waals surface area contributed by atoms with Gasteiger partial charge in [-0.1, -0.05) is 6.42 Å². The Hall–Kier alpha value is -1.95. The van der Waals surface area contributed by atoms with Gasteiger partial charge in [0.25, 0.3) is 5.91 Å². The van der Waals surface area contributed by atoms with Crippen LogP contribution in [0.15, 0.2) is 24.5 Å². The van der Waals surface area contributed by atoms with Crippen LogP contribution in [-0.2, 0) is 0 Å². The van der Waals surface area contributed by atoms with E-state index in [9.17, 15) is 9.18 Å². The van der Waals surface area contributed by atoms with Crippen LogP contribution in [0.25, 0.3) is 5.52 Å². The number of nitrogens with zero attached hydrogens (tertiary/aromatic N) is 3. The van der Waals surface area contributed by atoms with Crippen LogP contribution in [0.4, 0.5) is 4.39 Å². The molecule has 0 radical (unpaired) electrons. The Labute approximate surface area is 134 Å². The zero-order valence-corrected chi connectivity index (χ0v) is 13.0. The number of hydrogen-bond donors (Lipinski definition) is 1. The molecule has 1 N–H and O–H groups in total. The van der Waals surface area contributed by atoms with Gasteiger partial charge in [0.1, 0.15) is 11.3 Å². The number of pyridine rings is 1. The summed E-state index contributed by atoms with van der Waals surface area (Å²) >= 11 is 0. The average molecular weight is 316 g/mol. The van der Waals surface area contributed by atoms with E-state index in [-0.39, 0.29) is 23.6 Å². The molecule has 2 aliphatic rings. The number of halogens is 1. The lowest BCUT2D eigenvalue weighted by molar-refractivity contribution is 0.0793. The third kappa shape index (κ3) is 2.72. The first-order valence-corrected chi connectivity index (χ1v) is 8.39. The Kier molecular flexibility index (Phi) is 3.77. The van der Waals surface area contributed by atoms with E-state index in [0.717, 1.165) is 32.0 Å².